The molecule has 0 fully saturated rings. The lowest BCUT2D eigenvalue weighted by molar-refractivity contribution is 0.102. The SMILES string of the molecule is O=C(Nc1ccc(Cl)c(Cl)c1)c1ccc2c(c1)ncn2-c1ccccc1. The number of nitrogens with one attached hydrogen (secondary N) is 1. The Balaban J connectivity index is 1.63. The van der Waals surface area contributed by atoms with Gasteiger partial charge in [0.05, 0.1) is 21.1 Å². The van der Waals surface area contributed by atoms with Gasteiger partial charge in [-0.3, -0.25) is 9.36 Å². The molecule has 0 unspecified atom stereocenters. The van der Waals surface area contributed by atoms with E-state index in [2.05, 4.69) is 10.3 Å². The van der Waals surface area contributed by atoms with E-state index in [0.29, 0.717) is 21.3 Å². The van der Waals surface area contributed by atoms with Crippen LogP contribution < -0.4 is 5.32 Å². The van der Waals surface area contributed by atoms with Gasteiger partial charge in [-0.05, 0) is 48.5 Å². The van der Waals surface area contributed by atoms with Crippen molar-refractivity contribution in [1.82, 2.24) is 9.55 Å². The van der Waals surface area contributed by atoms with Crippen LogP contribution in [-0.2, 0) is 0 Å². The lowest BCUT2D eigenvalue weighted by Crippen LogP contribution is -2.11. The molecule has 0 saturated carbocycles. The minimum absolute atomic E-state index is 0.237. The first-order valence-corrected chi connectivity index (χ1v) is 8.66. The molecule has 3 aromatic carbocycles. The Labute approximate surface area is 160 Å². The number of anilines is 1. The molecule has 0 saturated heterocycles. The van der Waals surface area contributed by atoms with Crippen molar-refractivity contribution < 1.29 is 4.79 Å². The molecule has 0 aliphatic rings. The van der Waals surface area contributed by atoms with Crippen molar-refractivity contribution in [2.75, 3.05) is 5.32 Å². The van der Waals surface area contributed by atoms with Crippen LogP contribution in [0.25, 0.3) is 16.7 Å². The highest BCUT2D eigenvalue weighted by atomic mass is 35.5. The van der Waals surface area contributed by atoms with Crippen LogP contribution in [0.2, 0.25) is 10.0 Å². The molecular formula is C20H13Cl2N3O. The van der Waals surface area contributed by atoms with Crippen molar-refractivity contribution >= 4 is 45.8 Å². The Hall–Kier alpha value is -2.82. The second-order valence-corrected chi connectivity index (χ2v) is 6.55. The highest BCUT2D eigenvalue weighted by Crippen LogP contribution is 2.26. The number of hydrogen-bond acceptors (Lipinski definition) is 2. The molecular weight excluding hydrogens is 369 g/mol. The summed E-state index contributed by atoms with van der Waals surface area (Å²) in [6.07, 6.45) is 1.75. The lowest BCUT2D eigenvalue weighted by atomic mass is 10.1. The minimum atomic E-state index is -0.237. The molecule has 0 radical (unpaired) electrons. The van der Waals surface area contributed by atoms with Crippen molar-refractivity contribution in [3.8, 4) is 5.69 Å². The maximum Gasteiger partial charge on any atom is 0.255 e. The van der Waals surface area contributed by atoms with Gasteiger partial charge in [-0.1, -0.05) is 41.4 Å². The van der Waals surface area contributed by atoms with Gasteiger partial charge < -0.3 is 5.32 Å². The minimum Gasteiger partial charge on any atom is -0.322 e. The zero-order valence-corrected chi connectivity index (χ0v) is 15.0. The van der Waals surface area contributed by atoms with Crippen LogP contribution in [0, 0.1) is 0 Å². The number of para-hydroxylation sites is 1. The van der Waals surface area contributed by atoms with Gasteiger partial charge in [0, 0.05) is 16.9 Å². The van der Waals surface area contributed by atoms with E-state index in [0.717, 1.165) is 16.7 Å². The third-order valence-corrected chi connectivity index (χ3v) is 4.76. The molecule has 1 aromatic heterocycles. The van der Waals surface area contributed by atoms with Gasteiger partial charge in [-0.15, -0.1) is 0 Å². The van der Waals surface area contributed by atoms with Crippen LogP contribution in [0.5, 0.6) is 0 Å². The number of fused-ring (bicyclic) bond motifs is 1. The normalized spacial score (nSPS) is 10.8. The van der Waals surface area contributed by atoms with Crippen molar-refractivity contribution in [3.05, 3.63) is 88.7 Å². The van der Waals surface area contributed by atoms with E-state index in [4.69, 9.17) is 23.2 Å². The van der Waals surface area contributed by atoms with Crippen molar-refractivity contribution in [2.24, 2.45) is 0 Å². The largest absolute Gasteiger partial charge is 0.322 e. The topological polar surface area (TPSA) is 46.9 Å². The average molecular weight is 382 g/mol. The van der Waals surface area contributed by atoms with Crippen molar-refractivity contribution in [3.63, 3.8) is 0 Å². The van der Waals surface area contributed by atoms with E-state index in [1.165, 1.54) is 0 Å². The molecule has 1 heterocycles. The second-order valence-electron chi connectivity index (χ2n) is 5.74. The predicted molar refractivity (Wildman–Crippen MR) is 105 cm³/mol. The number of halogens is 2. The summed E-state index contributed by atoms with van der Waals surface area (Å²) in [6, 6.07) is 20.3. The molecule has 1 N–H and O–H groups in total. The van der Waals surface area contributed by atoms with Gasteiger partial charge >= 0.3 is 0 Å². The standard InChI is InChI=1S/C20H13Cl2N3O/c21-16-8-7-14(11-17(16)22)24-20(26)13-6-9-19-18(10-13)23-12-25(19)15-4-2-1-3-5-15/h1-12H,(H,24,26). The van der Waals surface area contributed by atoms with Gasteiger partial charge in [0.25, 0.3) is 5.91 Å². The summed E-state index contributed by atoms with van der Waals surface area (Å²) in [6.45, 7) is 0. The Morgan fingerprint density at radius 3 is 2.50 bits per heavy atom. The third-order valence-electron chi connectivity index (χ3n) is 4.02. The first-order chi connectivity index (χ1) is 12.6. The zero-order chi connectivity index (χ0) is 18.1. The molecule has 0 aliphatic heterocycles. The molecule has 128 valence electrons. The fourth-order valence-corrected chi connectivity index (χ4v) is 3.02. The molecule has 0 spiro atoms. The van der Waals surface area contributed by atoms with Crippen molar-refractivity contribution in [2.45, 2.75) is 0 Å². The van der Waals surface area contributed by atoms with Gasteiger partial charge in [0.1, 0.15) is 6.33 Å². The Kier molecular flexibility index (Phi) is 4.37. The van der Waals surface area contributed by atoms with Crippen LogP contribution in [-0.4, -0.2) is 15.5 Å². The average Bonchev–Trinajstić information content (AvgIpc) is 3.08. The van der Waals surface area contributed by atoms with Gasteiger partial charge in [-0.2, -0.15) is 0 Å². The molecule has 6 heteroatoms. The van der Waals surface area contributed by atoms with Gasteiger partial charge in [0.15, 0.2) is 0 Å². The number of nitrogens with zero attached hydrogens (tertiary/aromatic N) is 2. The number of carbonyl (C=O) groups is 1. The fourth-order valence-electron chi connectivity index (χ4n) is 2.73. The Morgan fingerprint density at radius 2 is 1.73 bits per heavy atom. The van der Waals surface area contributed by atoms with Crippen molar-refractivity contribution in [1.29, 1.82) is 0 Å². The summed E-state index contributed by atoms with van der Waals surface area (Å²) < 4.78 is 1.98. The van der Waals surface area contributed by atoms with Gasteiger partial charge in [-0.25, -0.2) is 4.98 Å². The predicted octanol–water partition coefficient (Wildman–Crippen LogP) is 5.58. The summed E-state index contributed by atoms with van der Waals surface area (Å²) in [5.41, 5.74) is 3.79. The highest BCUT2D eigenvalue weighted by molar-refractivity contribution is 6.42. The number of imidazole rings is 1. The molecule has 4 aromatic rings. The third kappa shape index (κ3) is 3.17. The number of hydrogen-bond donors (Lipinski definition) is 1. The zero-order valence-electron chi connectivity index (χ0n) is 13.5. The number of carbonyl (C=O) groups excluding carboxylic acids is 1. The molecule has 1 amide bonds. The molecule has 0 aliphatic carbocycles. The number of rotatable bonds is 3. The molecule has 0 bridgehead atoms. The molecule has 4 nitrogen and oxygen atoms in total. The molecule has 26 heavy (non-hydrogen) atoms. The van der Waals surface area contributed by atoms with Gasteiger partial charge in [0.2, 0.25) is 0 Å². The Bertz CT molecular complexity index is 1110. The Morgan fingerprint density at radius 1 is 0.923 bits per heavy atom. The first-order valence-electron chi connectivity index (χ1n) is 7.91. The van der Waals surface area contributed by atoms with Crippen LogP contribution in [0.15, 0.2) is 73.1 Å². The maximum absolute atomic E-state index is 12.5. The summed E-state index contributed by atoms with van der Waals surface area (Å²) in [5.74, 6) is -0.237. The number of aromatic nitrogens is 2. The molecule has 0 atom stereocenters. The number of amides is 1. The highest BCUT2D eigenvalue weighted by Gasteiger charge is 2.11. The number of benzene rings is 3. The van der Waals surface area contributed by atoms with E-state index >= 15 is 0 Å². The van der Waals surface area contributed by atoms with E-state index in [1.807, 2.05) is 41.0 Å². The first kappa shape index (κ1) is 16.6. The summed E-state index contributed by atoms with van der Waals surface area (Å²) in [7, 11) is 0. The van der Waals surface area contributed by atoms with Crippen LogP contribution in [0.4, 0.5) is 5.69 Å². The summed E-state index contributed by atoms with van der Waals surface area (Å²) in [4.78, 5) is 16.9. The van der Waals surface area contributed by atoms with Crippen LogP contribution in [0.3, 0.4) is 0 Å². The van der Waals surface area contributed by atoms with E-state index < -0.39 is 0 Å². The second kappa shape index (κ2) is 6.83. The van der Waals surface area contributed by atoms with E-state index in [9.17, 15) is 4.79 Å². The summed E-state index contributed by atoms with van der Waals surface area (Å²) in [5, 5.41) is 3.65. The smallest absolute Gasteiger partial charge is 0.255 e. The lowest BCUT2D eigenvalue weighted by Gasteiger charge is -2.07. The summed E-state index contributed by atoms with van der Waals surface area (Å²) >= 11 is 11.9. The monoisotopic (exact) mass is 381 g/mol. The quantitative estimate of drug-likeness (QED) is 0.503. The fraction of sp³-hybridized carbons (Fsp3) is 0. The maximum atomic E-state index is 12.5. The van der Waals surface area contributed by atoms with Crippen LogP contribution >= 0.6 is 23.2 Å². The van der Waals surface area contributed by atoms with E-state index in [-0.39, 0.29) is 5.91 Å². The molecule has 4 rings (SSSR count). The van der Waals surface area contributed by atoms with E-state index in [1.54, 1.807) is 36.7 Å². The van der Waals surface area contributed by atoms with Crippen LogP contribution in [0.1, 0.15) is 10.4 Å².